The summed E-state index contributed by atoms with van der Waals surface area (Å²) < 4.78 is 10.6. The van der Waals surface area contributed by atoms with Crippen LogP contribution in [-0.2, 0) is 20.9 Å². The summed E-state index contributed by atoms with van der Waals surface area (Å²) in [7, 11) is 4.97. The van der Waals surface area contributed by atoms with Crippen LogP contribution >= 0.6 is 0 Å². The second-order valence-electron chi connectivity index (χ2n) is 5.16. The lowest BCUT2D eigenvalue weighted by Gasteiger charge is -2.17. The molecule has 5 heteroatoms. The number of methoxy groups -OCH3 is 1. The maximum Gasteiger partial charge on any atom is 0.222 e. The topological polar surface area (TPSA) is 55.8 Å². The van der Waals surface area contributed by atoms with Gasteiger partial charge in [-0.1, -0.05) is 12.1 Å². The molecule has 1 aromatic carbocycles. The van der Waals surface area contributed by atoms with Crippen molar-refractivity contribution in [3.05, 3.63) is 29.8 Å². The van der Waals surface area contributed by atoms with Gasteiger partial charge in [-0.2, -0.15) is 0 Å². The van der Waals surface area contributed by atoms with Gasteiger partial charge in [-0.15, -0.1) is 0 Å². The number of Topliss-reactive ketones (excluding diaryl/α,β-unsaturated/α-hetero) is 1. The van der Waals surface area contributed by atoms with E-state index in [2.05, 4.69) is 0 Å². The van der Waals surface area contributed by atoms with E-state index < -0.39 is 5.92 Å². The maximum atomic E-state index is 11.7. The molecule has 0 saturated carbocycles. The molecule has 0 bridgehead atoms. The second-order valence-corrected chi connectivity index (χ2v) is 5.16. The molecule has 0 heterocycles. The lowest BCUT2D eigenvalue weighted by molar-refractivity contribution is -0.134. The highest BCUT2D eigenvalue weighted by atomic mass is 16.5. The van der Waals surface area contributed by atoms with E-state index in [4.69, 9.17) is 9.47 Å². The van der Waals surface area contributed by atoms with Crippen LogP contribution in [0.2, 0.25) is 0 Å². The number of ether oxygens (including phenoxy) is 2. The summed E-state index contributed by atoms with van der Waals surface area (Å²) in [6, 6.07) is 7.53. The SMILES string of the molecule is COc1ccc(COCC(CC(=O)N(C)C)C(C)=O)cc1. The van der Waals surface area contributed by atoms with Crippen molar-refractivity contribution in [3.63, 3.8) is 0 Å². The molecule has 1 atom stereocenters. The lowest BCUT2D eigenvalue weighted by atomic mass is 10.0. The van der Waals surface area contributed by atoms with Gasteiger partial charge in [-0.05, 0) is 24.6 Å². The first kappa shape index (κ1) is 17.2. The quantitative estimate of drug-likeness (QED) is 0.734. The summed E-state index contributed by atoms with van der Waals surface area (Å²) in [4.78, 5) is 24.7. The van der Waals surface area contributed by atoms with Gasteiger partial charge in [-0.25, -0.2) is 0 Å². The van der Waals surface area contributed by atoms with Gasteiger partial charge < -0.3 is 14.4 Å². The predicted octanol–water partition coefficient (Wildman–Crippen LogP) is 1.90. The molecule has 1 amide bonds. The third-order valence-electron chi connectivity index (χ3n) is 3.24. The zero-order valence-corrected chi connectivity index (χ0v) is 13.1. The molecule has 0 aromatic heterocycles. The molecule has 0 spiro atoms. The van der Waals surface area contributed by atoms with Crippen LogP contribution in [0.1, 0.15) is 18.9 Å². The van der Waals surface area contributed by atoms with Gasteiger partial charge in [0.1, 0.15) is 11.5 Å². The van der Waals surface area contributed by atoms with Crippen molar-refractivity contribution in [2.75, 3.05) is 27.8 Å². The number of benzene rings is 1. The predicted molar refractivity (Wildman–Crippen MR) is 80.1 cm³/mol. The Kier molecular flexibility index (Phi) is 6.88. The van der Waals surface area contributed by atoms with Crippen LogP contribution in [0.5, 0.6) is 5.75 Å². The van der Waals surface area contributed by atoms with Crippen LogP contribution in [0.15, 0.2) is 24.3 Å². The molecule has 21 heavy (non-hydrogen) atoms. The Morgan fingerprint density at radius 2 is 1.81 bits per heavy atom. The highest BCUT2D eigenvalue weighted by Gasteiger charge is 2.19. The second kappa shape index (κ2) is 8.42. The molecule has 5 nitrogen and oxygen atoms in total. The summed E-state index contributed by atoms with van der Waals surface area (Å²) in [5.41, 5.74) is 0.997. The molecule has 0 aliphatic rings. The highest BCUT2D eigenvalue weighted by Crippen LogP contribution is 2.13. The molecule has 0 saturated heterocycles. The van der Waals surface area contributed by atoms with E-state index in [0.717, 1.165) is 11.3 Å². The first-order chi connectivity index (χ1) is 9.93. The van der Waals surface area contributed by atoms with E-state index in [1.54, 1.807) is 21.2 Å². The monoisotopic (exact) mass is 293 g/mol. The van der Waals surface area contributed by atoms with Gasteiger partial charge in [0.15, 0.2) is 0 Å². The fraction of sp³-hybridized carbons (Fsp3) is 0.500. The van der Waals surface area contributed by atoms with Crippen LogP contribution < -0.4 is 4.74 Å². The molecule has 116 valence electrons. The van der Waals surface area contributed by atoms with Crippen molar-refractivity contribution in [2.45, 2.75) is 20.0 Å². The van der Waals surface area contributed by atoms with E-state index in [-0.39, 0.29) is 24.7 Å². The number of hydrogen-bond acceptors (Lipinski definition) is 4. The molecular weight excluding hydrogens is 270 g/mol. The van der Waals surface area contributed by atoms with Crippen LogP contribution in [0.3, 0.4) is 0 Å². The van der Waals surface area contributed by atoms with Crippen molar-refractivity contribution in [1.82, 2.24) is 4.90 Å². The third kappa shape index (κ3) is 5.95. The Morgan fingerprint density at radius 3 is 2.29 bits per heavy atom. The van der Waals surface area contributed by atoms with E-state index in [0.29, 0.717) is 6.61 Å². The highest BCUT2D eigenvalue weighted by molar-refractivity contribution is 5.85. The molecule has 0 aliphatic heterocycles. The number of ketones is 1. The van der Waals surface area contributed by atoms with Crippen molar-refractivity contribution >= 4 is 11.7 Å². The van der Waals surface area contributed by atoms with E-state index in [1.165, 1.54) is 11.8 Å². The molecule has 1 aromatic rings. The molecule has 0 fully saturated rings. The maximum absolute atomic E-state index is 11.7. The van der Waals surface area contributed by atoms with Gasteiger partial charge in [0.2, 0.25) is 5.91 Å². The van der Waals surface area contributed by atoms with Crippen molar-refractivity contribution < 1.29 is 19.1 Å². The Labute approximate surface area is 125 Å². The minimum Gasteiger partial charge on any atom is -0.497 e. The number of hydrogen-bond donors (Lipinski definition) is 0. The fourth-order valence-electron chi connectivity index (χ4n) is 1.75. The van der Waals surface area contributed by atoms with Gasteiger partial charge >= 0.3 is 0 Å². The summed E-state index contributed by atoms with van der Waals surface area (Å²) in [6.45, 7) is 2.15. The van der Waals surface area contributed by atoms with Crippen LogP contribution in [0, 0.1) is 5.92 Å². The van der Waals surface area contributed by atoms with Crippen LogP contribution in [0.25, 0.3) is 0 Å². The lowest BCUT2D eigenvalue weighted by Crippen LogP contribution is -2.29. The Hall–Kier alpha value is -1.88. The minimum atomic E-state index is -0.391. The van der Waals surface area contributed by atoms with Gasteiger partial charge in [-0.3, -0.25) is 9.59 Å². The molecule has 1 unspecified atom stereocenters. The molecule has 0 radical (unpaired) electrons. The molecule has 0 N–H and O–H groups in total. The molecular formula is C16H23NO4. The number of carbonyl (C=O) groups excluding carboxylic acids is 2. The summed E-state index contributed by atoms with van der Waals surface area (Å²) in [5, 5.41) is 0. The number of rotatable bonds is 8. The van der Waals surface area contributed by atoms with E-state index in [9.17, 15) is 9.59 Å². The van der Waals surface area contributed by atoms with E-state index >= 15 is 0 Å². The van der Waals surface area contributed by atoms with Crippen molar-refractivity contribution in [2.24, 2.45) is 5.92 Å². The number of amides is 1. The zero-order valence-electron chi connectivity index (χ0n) is 13.1. The fourth-order valence-corrected chi connectivity index (χ4v) is 1.75. The van der Waals surface area contributed by atoms with Crippen molar-refractivity contribution in [1.29, 1.82) is 0 Å². The summed E-state index contributed by atoms with van der Waals surface area (Å²) in [6.07, 6.45) is 0.185. The van der Waals surface area contributed by atoms with E-state index in [1.807, 2.05) is 24.3 Å². The Balaban J connectivity index is 2.46. The van der Waals surface area contributed by atoms with Gasteiger partial charge in [0.05, 0.1) is 20.3 Å². The standard InChI is InChI=1S/C16H23NO4/c1-12(18)14(9-16(19)17(2)3)11-21-10-13-5-7-15(20-4)8-6-13/h5-8,14H,9-11H2,1-4H3. The average Bonchev–Trinajstić information content (AvgIpc) is 2.46. The third-order valence-corrected chi connectivity index (χ3v) is 3.24. The zero-order chi connectivity index (χ0) is 15.8. The summed E-state index contributed by atoms with van der Waals surface area (Å²) in [5.74, 6) is 0.304. The van der Waals surface area contributed by atoms with Crippen LogP contribution in [-0.4, -0.2) is 44.4 Å². The van der Waals surface area contributed by atoms with Crippen molar-refractivity contribution in [3.8, 4) is 5.75 Å². The van der Waals surface area contributed by atoms with Crippen LogP contribution in [0.4, 0.5) is 0 Å². The summed E-state index contributed by atoms with van der Waals surface area (Å²) >= 11 is 0. The smallest absolute Gasteiger partial charge is 0.222 e. The molecule has 0 aliphatic carbocycles. The number of nitrogens with zero attached hydrogens (tertiary/aromatic N) is 1. The number of carbonyl (C=O) groups is 2. The minimum absolute atomic E-state index is 0.0278. The Bertz CT molecular complexity index is 468. The van der Waals surface area contributed by atoms with Gasteiger partial charge in [0.25, 0.3) is 0 Å². The normalized spacial score (nSPS) is 11.8. The first-order valence-electron chi connectivity index (χ1n) is 6.85. The largest absolute Gasteiger partial charge is 0.497 e. The molecule has 1 rings (SSSR count). The first-order valence-corrected chi connectivity index (χ1v) is 6.85. The van der Waals surface area contributed by atoms with Gasteiger partial charge in [0, 0.05) is 26.4 Å². The average molecular weight is 293 g/mol. The Morgan fingerprint density at radius 1 is 1.19 bits per heavy atom.